The van der Waals surface area contributed by atoms with Crippen LogP contribution in [-0.2, 0) is 0 Å². The number of nitrogen functional groups attached to an aromatic ring is 1. The van der Waals surface area contributed by atoms with E-state index >= 15 is 0 Å². The number of thiazole rings is 1. The molecule has 1 aromatic carbocycles. The molecule has 1 heterocycles. The minimum Gasteiger partial charge on any atom is -0.389 e. The molecule has 2 nitrogen and oxygen atoms in total. The summed E-state index contributed by atoms with van der Waals surface area (Å²) < 4.78 is 26.5. The number of benzene rings is 1. The van der Waals surface area contributed by atoms with Crippen LogP contribution in [0, 0.1) is 11.6 Å². The number of nitrogens with zero attached hydrogens (tertiary/aromatic N) is 1. The Bertz CT molecular complexity index is 447. The van der Waals surface area contributed by atoms with E-state index in [9.17, 15) is 8.78 Å². The SMILES string of the molecule is Nc1cnc(-c2c(F)cccc2F)s1. The van der Waals surface area contributed by atoms with Gasteiger partial charge in [0, 0.05) is 0 Å². The van der Waals surface area contributed by atoms with Crippen LogP contribution in [0.3, 0.4) is 0 Å². The second kappa shape index (κ2) is 3.34. The van der Waals surface area contributed by atoms with Crippen LogP contribution in [0.5, 0.6) is 0 Å². The van der Waals surface area contributed by atoms with E-state index in [1.165, 1.54) is 24.4 Å². The fraction of sp³-hybridized carbons (Fsp3) is 0. The van der Waals surface area contributed by atoms with E-state index in [0.29, 0.717) is 5.00 Å². The molecule has 0 saturated heterocycles. The lowest BCUT2D eigenvalue weighted by atomic mass is 10.2. The van der Waals surface area contributed by atoms with Gasteiger partial charge in [-0.1, -0.05) is 17.4 Å². The minimum absolute atomic E-state index is 0.116. The summed E-state index contributed by atoms with van der Waals surface area (Å²) in [5.41, 5.74) is 5.31. The second-order valence-electron chi connectivity index (χ2n) is 2.66. The van der Waals surface area contributed by atoms with Gasteiger partial charge in [-0.2, -0.15) is 0 Å². The topological polar surface area (TPSA) is 38.9 Å². The highest BCUT2D eigenvalue weighted by Gasteiger charge is 2.13. The van der Waals surface area contributed by atoms with Gasteiger partial charge in [0.2, 0.25) is 0 Å². The lowest BCUT2D eigenvalue weighted by Crippen LogP contribution is -1.87. The summed E-state index contributed by atoms with van der Waals surface area (Å²) in [5, 5.41) is 0.695. The zero-order valence-corrected chi connectivity index (χ0v) is 7.81. The monoisotopic (exact) mass is 212 g/mol. The maximum absolute atomic E-state index is 13.2. The van der Waals surface area contributed by atoms with E-state index in [2.05, 4.69) is 4.98 Å². The molecule has 72 valence electrons. The molecule has 0 fully saturated rings. The van der Waals surface area contributed by atoms with E-state index < -0.39 is 11.6 Å². The standard InChI is InChI=1S/C9H6F2N2S/c10-5-2-1-3-6(11)8(5)9-13-4-7(12)14-9/h1-4H,12H2. The summed E-state index contributed by atoms with van der Waals surface area (Å²) >= 11 is 1.06. The van der Waals surface area contributed by atoms with Crippen molar-refractivity contribution in [3.63, 3.8) is 0 Å². The number of hydrogen-bond donors (Lipinski definition) is 1. The largest absolute Gasteiger partial charge is 0.389 e. The number of anilines is 1. The number of halogens is 2. The third-order valence-corrected chi connectivity index (χ3v) is 2.54. The predicted molar refractivity (Wildman–Crippen MR) is 51.9 cm³/mol. The van der Waals surface area contributed by atoms with Crippen LogP contribution in [0.4, 0.5) is 13.8 Å². The Balaban J connectivity index is 2.61. The number of hydrogen-bond acceptors (Lipinski definition) is 3. The fourth-order valence-corrected chi connectivity index (χ4v) is 1.84. The van der Waals surface area contributed by atoms with Crippen LogP contribution in [0.1, 0.15) is 0 Å². The molecule has 0 unspecified atom stereocenters. The van der Waals surface area contributed by atoms with Crippen LogP contribution < -0.4 is 5.73 Å². The van der Waals surface area contributed by atoms with Gasteiger partial charge < -0.3 is 5.73 Å². The minimum atomic E-state index is -0.626. The molecule has 2 rings (SSSR count). The van der Waals surface area contributed by atoms with Gasteiger partial charge in [0.1, 0.15) is 21.6 Å². The Morgan fingerprint density at radius 3 is 2.36 bits per heavy atom. The van der Waals surface area contributed by atoms with Crippen molar-refractivity contribution in [3.05, 3.63) is 36.0 Å². The average molecular weight is 212 g/mol. The molecule has 5 heteroatoms. The van der Waals surface area contributed by atoms with Crippen LogP contribution >= 0.6 is 11.3 Å². The van der Waals surface area contributed by atoms with Crippen molar-refractivity contribution >= 4 is 16.3 Å². The summed E-state index contributed by atoms with van der Waals surface area (Å²) in [6.45, 7) is 0. The van der Waals surface area contributed by atoms with Crippen LogP contribution in [0.15, 0.2) is 24.4 Å². The lowest BCUT2D eigenvalue weighted by Gasteiger charge is -1.99. The first-order valence-electron chi connectivity index (χ1n) is 3.84. The summed E-state index contributed by atoms with van der Waals surface area (Å²) in [4.78, 5) is 3.82. The smallest absolute Gasteiger partial charge is 0.136 e. The predicted octanol–water partition coefficient (Wildman–Crippen LogP) is 2.67. The van der Waals surface area contributed by atoms with Gasteiger partial charge in [0.15, 0.2) is 0 Å². The first-order valence-corrected chi connectivity index (χ1v) is 4.66. The molecule has 0 aliphatic rings. The highest BCUT2D eigenvalue weighted by molar-refractivity contribution is 7.18. The van der Waals surface area contributed by atoms with Crippen LogP contribution in [0.2, 0.25) is 0 Å². The number of rotatable bonds is 1. The van der Waals surface area contributed by atoms with Crippen molar-refractivity contribution in [3.8, 4) is 10.6 Å². The first-order chi connectivity index (χ1) is 6.68. The van der Waals surface area contributed by atoms with Crippen molar-refractivity contribution in [2.75, 3.05) is 5.73 Å². The molecule has 14 heavy (non-hydrogen) atoms. The maximum atomic E-state index is 13.2. The molecule has 0 spiro atoms. The molecule has 2 N–H and O–H groups in total. The molecule has 0 aliphatic carbocycles. The highest BCUT2D eigenvalue weighted by Crippen LogP contribution is 2.30. The molecule has 0 bridgehead atoms. The van der Waals surface area contributed by atoms with E-state index in [1.807, 2.05) is 0 Å². The summed E-state index contributed by atoms with van der Waals surface area (Å²) in [6.07, 6.45) is 1.38. The molecule has 1 aromatic heterocycles. The average Bonchev–Trinajstić information content (AvgIpc) is 2.51. The molecular formula is C9H6F2N2S. The van der Waals surface area contributed by atoms with Gasteiger partial charge in [0.25, 0.3) is 0 Å². The Morgan fingerprint density at radius 2 is 1.86 bits per heavy atom. The number of nitrogens with two attached hydrogens (primary N) is 1. The first kappa shape index (κ1) is 9.08. The Morgan fingerprint density at radius 1 is 1.21 bits per heavy atom. The van der Waals surface area contributed by atoms with Gasteiger partial charge in [-0.25, -0.2) is 13.8 Å². The van der Waals surface area contributed by atoms with Crippen molar-refractivity contribution in [1.82, 2.24) is 4.98 Å². The number of aromatic nitrogens is 1. The van der Waals surface area contributed by atoms with Crippen molar-refractivity contribution in [2.24, 2.45) is 0 Å². The third kappa shape index (κ3) is 1.46. The maximum Gasteiger partial charge on any atom is 0.136 e. The summed E-state index contributed by atoms with van der Waals surface area (Å²) in [5.74, 6) is -1.25. The molecule has 0 amide bonds. The molecule has 0 radical (unpaired) electrons. The molecule has 0 saturated carbocycles. The van der Waals surface area contributed by atoms with Gasteiger partial charge in [-0.3, -0.25) is 0 Å². The second-order valence-corrected chi connectivity index (χ2v) is 3.73. The molecular weight excluding hydrogens is 206 g/mol. The van der Waals surface area contributed by atoms with Gasteiger partial charge in [-0.05, 0) is 12.1 Å². The normalized spacial score (nSPS) is 10.4. The Labute approximate surface area is 83.0 Å². The van der Waals surface area contributed by atoms with Crippen LogP contribution in [0.25, 0.3) is 10.6 Å². The highest BCUT2D eigenvalue weighted by atomic mass is 32.1. The van der Waals surface area contributed by atoms with E-state index in [-0.39, 0.29) is 10.6 Å². The third-order valence-electron chi connectivity index (χ3n) is 1.70. The van der Waals surface area contributed by atoms with Gasteiger partial charge >= 0.3 is 0 Å². The zero-order chi connectivity index (χ0) is 10.1. The molecule has 0 aliphatic heterocycles. The Kier molecular flexibility index (Phi) is 2.17. The quantitative estimate of drug-likeness (QED) is 0.789. The van der Waals surface area contributed by atoms with Gasteiger partial charge in [-0.15, -0.1) is 0 Å². The summed E-state index contributed by atoms with van der Waals surface area (Å²) in [6, 6.07) is 3.69. The molecule has 0 atom stereocenters. The fourth-order valence-electron chi connectivity index (χ4n) is 1.10. The van der Waals surface area contributed by atoms with Gasteiger partial charge in [0.05, 0.1) is 11.8 Å². The van der Waals surface area contributed by atoms with E-state index in [1.54, 1.807) is 0 Å². The lowest BCUT2D eigenvalue weighted by molar-refractivity contribution is 0.589. The zero-order valence-electron chi connectivity index (χ0n) is 7.00. The van der Waals surface area contributed by atoms with Crippen molar-refractivity contribution < 1.29 is 8.78 Å². The van der Waals surface area contributed by atoms with E-state index in [0.717, 1.165) is 11.3 Å². The van der Waals surface area contributed by atoms with Crippen LogP contribution in [-0.4, -0.2) is 4.98 Å². The molecule has 2 aromatic rings. The van der Waals surface area contributed by atoms with E-state index in [4.69, 9.17) is 5.73 Å². The summed E-state index contributed by atoms with van der Waals surface area (Å²) in [7, 11) is 0. The van der Waals surface area contributed by atoms with Crippen molar-refractivity contribution in [1.29, 1.82) is 0 Å². The Hall–Kier alpha value is -1.49. The van der Waals surface area contributed by atoms with Crippen molar-refractivity contribution in [2.45, 2.75) is 0 Å².